The van der Waals surface area contributed by atoms with Crippen molar-refractivity contribution in [2.24, 2.45) is 0 Å². The van der Waals surface area contributed by atoms with E-state index in [-0.39, 0.29) is 11.6 Å². The lowest BCUT2D eigenvalue weighted by molar-refractivity contribution is 0.101. The first-order chi connectivity index (χ1) is 13.2. The molecule has 1 aliphatic rings. The van der Waals surface area contributed by atoms with Crippen LogP contribution in [0.4, 0.5) is 5.13 Å². The van der Waals surface area contributed by atoms with Gasteiger partial charge in [-0.15, -0.1) is 11.3 Å². The average Bonchev–Trinajstić information content (AvgIpc) is 3.34. The lowest BCUT2D eigenvalue weighted by Gasteiger charge is -2.07. The van der Waals surface area contributed by atoms with Gasteiger partial charge in [0.1, 0.15) is 0 Å². The van der Waals surface area contributed by atoms with Gasteiger partial charge in [0.25, 0.3) is 5.91 Å². The Labute approximate surface area is 160 Å². The third kappa shape index (κ3) is 3.52. The average molecular weight is 385 g/mol. The molecule has 3 aromatic rings. The highest BCUT2D eigenvalue weighted by molar-refractivity contribution is 7.15. The van der Waals surface area contributed by atoms with Gasteiger partial charge in [0.05, 0.1) is 19.9 Å². The first kappa shape index (κ1) is 17.5. The predicted molar refractivity (Wildman–Crippen MR) is 102 cm³/mol. The van der Waals surface area contributed by atoms with Crippen LogP contribution in [-0.4, -0.2) is 30.3 Å². The fourth-order valence-corrected chi connectivity index (χ4v) is 4.12. The summed E-state index contributed by atoms with van der Waals surface area (Å²) in [6.45, 7) is 0. The molecule has 2 heterocycles. The van der Waals surface area contributed by atoms with E-state index in [2.05, 4.69) is 15.5 Å². The second kappa shape index (κ2) is 7.40. The molecule has 0 saturated carbocycles. The summed E-state index contributed by atoms with van der Waals surface area (Å²) in [6.07, 6.45) is 4.36. The molecule has 8 heteroatoms. The quantitative estimate of drug-likeness (QED) is 0.716. The predicted octanol–water partition coefficient (Wildman–Crippen LogP) is 3.95. The first-order valence-electron chi connectivity index (χ1n) is 8.67. The van der Waals surface area contributed by atoms with Crippen molar-refractivity contribution < 1.29 is 18.8 Å². The number of amides is 1. The van der Waals surface area contributed by atoms with Crippen LogP contribution in [0.25, 0.3) is 11.3 Å². The number of nitrogens with zero attached hydrogens (tertiary/aromatic N) is 2. The maximum atomic E-state index is 12.5. The van der Waals surface area contributed by atoms with E-state index < -0.39 is 0 Å². The Morgan fingerprint density at radius 1 is 1.15 bits per heavy atom. The van der Waals surface area contributed by atoms with E-state index in [0.717, 1.165) is 30.5 Å². The van der Waals surface area contributed by atoms with Crippen molar-refractivity contribution in [1.82, 2.24) is 10.1 Å². The molecule has 0 atom stereocenters. The Morgan fingerprint density at radius 2 is 1.96 bits per heavy atom. The monoisotopic (exact) mass is 385 g/mol. The molecule has 1 amide bonds. The highest BCUT2D eigenvalue weighted by atomic mass is 32.1. The standard InChI is InChI=1S/C19H19N3O4S/c1-24-14-8-7-11(9-16(14)25-2)15-10-13(22-26-15)18(23)21-19-20-12-5-3-4-6-17(12)27-19/h7-10H,3-6H2,1-2H3,(H,20,21,23). The van der Waals surface area contributed by atoms with Crippen LogP contribution in [0.15, 0.2) is 28.8 Å². The van der Waals surface area contributed by atoms with Gasteiger partial charge in [-0.25, -0.2) is 4.98 Å². The smallest absolute Gasteiger partial charge is 0.279 e. The lowest BCUT2D eigenvalue weighted by atomic mass is 10.0. The number of rotatable bonds is 5. The Kier molecular flexibility index (Phi) is 4.81. The number of ether oxygens (including phenoxy) is 2. The summed E-state index contributed by atoms with van der Waals surface area (Å²) in [6, 6.07) is 6.97. The highest BCUT2D eigenvalue weighted by Crippen LogP contribution is 2.33. The molecule has 0 radical (unpaired) electrons. The van der Waals surface area contributed by atoms with Gasteiger partial charge in [-0.1, -0.05) is 5.16 Å². The van der Waals surface area contributed by atoms with E-state index in [1.807, 2.05) is 6.07 Å². The van der Waals surface area contributed by atoms with Gasteiger partial charge < -0.3 is 14.0 Å². The van der Waals surface area contributed by atoms with Crippen LogP contribution in [0.2, 0.25) is 0 Å². The number of aryl methyl sites for hydroxylation is 2. The molecule has 0 bridgehead atoms. The minimum absolute atomic E-state index is 0.202. The normalized spacial score (nSPS) is 13.1. The molecule has 1 aromatic carbocycles. The van der Waals surface area contributed by atoms with E-state index in [4.69, 9.17) is 14.0 Å². The van der Waals surface area contributed by atoms with E-state index >= 15 is 0 Å². The molecule has 27 heavy (non-hydrogen) atoms. The molecule has 0 spiro atoms. The molecule has 1 N–H and O–H groups in total. The Morgan fingerprint density at radius 3 is 2.74 bits per heavy atom. The third-order valence-electron chi connectivity index (χ3n) is 4.48. The number of anilines is 1. The molecule has 140 valence electrons. The molecular weight excluding hydrogens is 366 g/mol. The zero-order valence-electron chi connectivity index (χ0n) is 15.1. The van der Waals surface area contributed by atoms with Crippen LogP contribution in [0, 0.1) is 0 Å². The summed E-state index contributed by atoms with van der Waals surface area (Å²) < 4.78 is 15.9. The number of carbonyl (C=O) groups excluding carboxylic acids is 1. The summed E-state index contributed by atoms with van der Waals surface area (Å²) in [7, 11) is 3.14. The fourth-order valence-electron chi connectivity index (χ4n) is 3.07. The second-order valence-corrected chi connectivity index (χ2v) is 7.28. The number of carbonyl (C=O) groups is 1. The summed E-state index contributed by atoms with van der Waals surface area (Å²) in [5.41, 5.74) is 2.05. The van der Waals surface area contributed by atoms with Crippen LogP contribution in [0.1, 0.15) is 33.9 Å². The van der Waals surface area contributed by atoms with Gasteiger partial charge in [-0.3, -0.25) is 10.1 Å². The van der Waals surface area contributed by atoms with E-state index in [9.17, 15) is 4.79 Å². The van der Waals surface area contributed by atoms with Crippen LogP contribution < -0.4 is 14.8 Å². The number of hydrogen-bond donors (Lipinski definition) is 1. The summed E-state index contributed by atoms with van der Waals surface area (Å²) in [4.78, 5) is 18.3. The minimum atomic E-state index is -0.337. The molecule has 4 rings (SSSR count). The lowest BCUT2D eigenvalue weighted by Crippen LogP contribution is -2.12. The number of hydrogen-bond acceptors (Lipinski definition) is 7. The van der Waals surface area contributed by atoms with Crippen molar-refractivity contribution >= 4 is 22.4 Å². The number of thiazole rings is 1. The zero-order valence-corrected chi connectivity index (χ0v) is 15.9. The second-order valence-electron chi connectivity index (χ2n) is 6.20. The first-order valence-corrected chi connectivity index (χ1v) is 9.48. The maximum Gasteiger partial charge on any atom is 0.279 e. The number of nitrogens with one attached hydrogen (secondary N) is 1. The van der Waals surface area contributed by atoms with Gasteiger partial charge in [0.15, 0.2) is 28.1 Å². The summed E-state index contributed by atoms with van der Waals surface area (Å²) in [5, 5.41) is 7.32. The number of aromatic nitrogens is 2. The summed E-state index contributed by atoms with van der Waals surface area (Å²) >= 11 is 1.54. The number of methoxy groups -OCH3 is 2. The van der Waals surface area contributed by atoms with Crippen LogP contribution >= 0.6 is 11.3 Å². The maximum absolute atomic E-state index is 12.5. The van der Waals surface area contributed by atoms with E-state index in [1.54, 1.807) is 32.4 Å². The molecule has 0 unspecified atom stereocenters. The Bertz CT molecular complexity index is 956. The molecule has 7 nitrogen and oxygen atoms in total. The minimum Gasteiger partial charge on any atom is -0.493 e. The van der Waals surface area contributed by atoms with Gasteiger partial charge in [-0.2, -0.15) is 0 Å². The molecule has 0 aliphatic heterocycles. The Hall–Kier alpha value is -2.87. The largest absolute Gasteiger partial charge is 0.493 e. The van der Waals surface area contributed by atoms with Crippen molar-refractivity contribution in [3.8, 4) is 22.8 Å². The molecule has 0 fully saturated rings. The highest BCUT2D eigenvalue weighted by Gasteiger charge is 2.19. The van der Waals surface area contributed by atoms with Crippen molar-refractivity contribution in [3.63, 3.8) is 0 Å². The summed E-state index contributed by atoms with van der Waals surface area (Å²) in [5.74, 6) is 1.33. The van der Waals surface area contributed by atoms with Crippen molar-refractivity contribution in [1.29, 1.82) is 0 Å². The number of benzene rings is 1. The molecule has 2 aromatic heterocycles. The van der Waals surface area contributed by atoms with Gasteiger partial charge in [0.2, 0.25) is 0 Å². The van der Waals surface area contributed by atoms with Crippen LogP contribution in [0.5, 0.6) is 11.5 Å². The van der Waals surface area contributed by atoms with E-state index in [1.165, 1.54) is 22.6 Å². The molecule has 1 aliphatic carbocycles. The Balaban J connectivity index is 1.52. The fraction of sp³-hybridized carbons (Fsp3) is 0.316. The van der Waals surface area contributed by atoms with Gasteiger partial charge >= 0.3 is 0 Å². The molecule has 0 saturated heterocycles. The van der Waals surface area contributed by atoms with E-state index in [0.29, 0.717) is 22.4 Å². The zero-order chi connectivity index (χ0) is 18.8. The van der Waals surface area contributed by atoms with Crippen molar-refractivity contribution in [3.05, 3.63) is 40.5 Å². The van der Waals surface area contributed by atoms with Crippen molar-refractivity contribution in [2.75, 3.05) is 19.5 Å². The van der Waals surface area contributed by atoms with Gasteiger partial charge in [-0.05, 0) is 43.9 Å². The number of fused-ring (bicyclic) bond motifs is 1. The van der Waals surface area contributed by atoms with Crippen molar-refractivity contribution in [2.45, 2.75) is 25.7 Å². The molecular formula is C19H19N3O4S. The van der Waals surface area contributed by atoms with Gasteiger partial charge in [0, 0.05) is 16.5 Å². The third-order valence-corrected chi connectivity index (χ3v) is 5.55. The van der Waals surface area contributed by atoms with Crippen LogP contribution in [-0.2, 0) is 12.8 Å². The topological polar surface area (TPSA) is 86.5 Å². The SMILES string of the molecule is COc1ccc(-c2cc(C(=O)Nc3nc4c(s3)CCCC4)no2)cc1OC. The van der Waals surface area contributed by atoms with Crippen LogP contribution in [0.3, 0.4) is 0 Å².